The van der Waals surface area contributed by atoms with Crippen molar-refractivity contribution in [2.75, 3.05) is 18.5 Å². The molecule has 0 aliphatic rings. The molecule has 162 valence electrons. The van der Waals surface area contributed by atoms with E-state index in [0.717, 1.165) is 43.1 Å². The highest BCUT2D eigenvalue weighted by atomic mass is 32.1. The molecule has 6 nitrogen and oxygen atoms in total. The molecule has 3 heterocycles. The van der Waals surface area contributed by atoms with E-state index in [9.17, 15) is 5.11 Å². The van der Waals surface area contributed by atoms with E-state index in [1.54, 1.807) is 11.3 Å². The summed E-state index contributed by atoms with van der Waals surface area (Å²) < 4.78 is 1.13. The van der Waals surface area contributed by atoms with E-state index < -0.39 is 6.10 Å². The Balaban J connectivity index is 1.35. The summed E-state index contributed by atoms with van der Waals surface area (Å²) in [7, 11) is 0. The van der Waals surface area contributed by atoms with E-state index in [1.807, 2.05) is 18.5 Å². The maximum Gasteiger partial charge on any atom is 0.0895 e. The Kier molecular flexibility index (Phi) is 5.87. The minimum Gasteiger partial charge on any atom is -0.394 e. The van der Waals surface area contributed by atoms with Crippen molar-refractivity contribution in [2.24, 2.45) is 0 Å². The molecule has 0 saturated carbocycles. The molecular formula is C25H24N4O2S. The minimum absolute atomic E-state index is 0.233. The summed E-state index contributed by atoms with van der Waals surface area (Å²) in [6.07, 6.45) is 3.06. The van der Waals surface area contributed by atoms with Crippen LogP contribution in [0.5, 0.6) is 0 Å². The second-order valence-electron chi connectivity index (χ2n) is 7.75. The van der Waals surface area contributed by atoms with Crippen LogP contribution in [-0.2, 0) is 6.54 Å². The Labute approximate surface area is 189 Å². The Hall–Kier alpha value is -3.23. The zero-order valence-electron chi connectivity index (χ0n) is 17.4. The zero-order chi connectivity index (χ0) is 21.9. The number of nitrogens with one attached hydrogen (secondary N) is 3. The number of thiophene rings is 1. The lowest BCUT2D eigenvalue weighted by molar-refractivity contribution is 0.0942. The van der Waals surface area contributed by atoms with E-state index in [0.29, 0.717) is 13.1 Å². The van der Waals surface area contributed by atoms with Crippen LogP contribution in [0.4, 0.5) is 11.4 Å². The lowest BCUT2D eigenvalue weighted by atomic mass is 10.1. The fourth-order valence-corrected chi connectivity index (χ4v) is 4.79. The lowest BCUT2D eigenvalue weighted by Crippen LogP contribution is -2.28. The molecule has 1 unspecified atom stereocenters. The van der Waals surface area contributed by atoms with Gasteiger partial charge in [-0.15, -0.1) is 11.3 Å². The van der Waals surface area contributed by atoms with Gasteiger partial charge in [0.25, 0.3) is 0 Å². The van der Waals surface area contributed by atoms with Crippen LogP contribution in [0.3, 0.4) is 0 Å². The van der Waals surface area contributed by atoms with Crippen molar-refractivity contribution in [2.45, 2.75) is 12.6 Å². The second kappa shape index (κ2) is 9.10. The van der Waals surface area contributed by atoms with Crippen molar-refractivity contribution < 1.29 is 10.2 Å². The number of aromatic nitrogens is 2. The van der Waals surface area contributed by atoms with Crippen LogP contribution in [0, 0.1) is 0 Å². The maximum absolute atomic E-state index is 9.43. The van der Waals surface area contributed by atoms with E-state index >= 15 is 0 Å². The predicted molar refractivity (Wildman–Crippen MR) is 131 cm³/mol. The number of aliphatic hydroxyl groups excluding tert-OH is 2. The molecule has 0 saturated heterocycles. The van der Waals surface area contributed by atoms with Crippen LogP contribution in [0.25, 0.3) is 31.6 Å². The highest BCUT2D eigenvalue weighted by Crippen LogP contribution is 2.37. The minimum atomic E-state index is -0.729. The van der Waals surface area contributed by atoms with Gasteiger partial charge in [0.2, 0.25) is 0 Å². The molecule has 5 rings (SSSR count). The van der Waals surface area contributed by atoms with Crippen molar-refractivity contribution in [3.63, 3.8) is 0 Å². The molecule has 0 radical (unpaired) electrons. The number of benzene rings is 2. The number of fused-ring (bicyclic) bond motifs is 2. The van der Waals surface area contributed by atoms with Gasteiger partial charge in [-0.1, -0.05) is 24.3 Å². The monoisotopic (exact) mass is 444 g/mol. The van der Waals surface area contributed by atoms with Crippen LogP contribution >= 0.6 is 11.3 Å². The smallest absolute Gasteiger partial charge is 0.0895 e. The first kappa shape index (κ1) is 20.7. The molecule has 7 heteroatoms. The van der Waals surface area contributed by atoms with Crippen molar-refractivity contribution in [3.05, 3.63) is 78.6 Å². The molecule has 0 fully saturated rings. The van der Waals surface area contributed by atoms with Crippen LogP contribution in [0.1, 0.15) is 5.56 Å². The van der Waals surface area contributed by atoms with Gasteiger partial charge < -0.3 is 25.8 Å². The Morgan fingerprint density at radius 1 is 1.03 bits per heavy atom. The summed E-state index contributed by atoms with van der Waals surface area (Å²) in [4.78, 5) is 8.95. The molecule has 0 aliphatic heterocycles. The third-order valence-electron chi connectivity index (χ3n) is 5.40. The van der Waals surface area contributed by atoms with Gasteiger partial charge in [0.1, 0.15) is 0 Å². The fraction of sp³-hybridized carbons (Fsp3) is 0.160. The highest BCUT2D eigenvalue weighted by Gasteiger charge is 2.10. The topological polar surface area (TPSA) is 93.2 Å². The summed E-state index contributed by atoms with van der Waals surface area (Å²) in [6.45, 7) is 0.779. The van der Waals surface area contributed by atoms with E-state index in [1.165, 1.54) is 5.39 Å². The van der Waals surface area contributed by atoms with Crippen molar-refractivity contribution in [1.29, 1.82) is 0 Å². The van der Waals surface area contributed by atoms with Crippen molar-refractivity contribution in [3.8, 4) is 10.4 Å². The van der Waals surface area contributed by atoms with Gasteiger partial charge in [0.05, 0.1) is 28.6 Å². The van der Waals surface area contributed by atoms with Crippen LogP contribution in [0.2, 0.25) is 0 Å². The number of anilines is 2. The number of aliphatic hydroxyl groups is 2. The molecule has 0 aliphatic carbocycles. The molecule has 3 aromatic heterocycles. The van der Waals surface area contributed by atoms with Gasteiger partial charge in [0.15, 0.2) is 0 Å². The molecule has 5 N–H and O–H groups in total. The summed E-state index contributed by atoms with van der Waals surface area (Å²) in [5, 5.41) is 26.2. The first-order valence-electron chi connectivity index (χ1n) is 10.5. The van der Waals surface area contributed by atoms with Crippen LogP contribution in [0.15, 0.2) is 73.1 Å². The number of hydrogen-bond acceptors (Lipinski definition) is 6. The average molecular weight is 445 g/mol. The summed E-state index contributed by atoms with van der Waals surface area (Å²) in [5.41, 5.74) is 6.46. The van der Waals surface area contributed by atoms with Gasteiger partial charge in [-0.3, -0.25) is 4.98 Å². The highest BCUT2D eigenvalue weighted by molar-refractivity contribution is 7.22. The van der Waals surface area contributed by atoms with E-state index in [2.05, 4.69) is 75.2 Å². The number of nitrogens with zero attached hydrogens (tertiary/aromatic N) is 1. The Morgan fingerprint density at radius 2 is 1.91 bits per heavy atom. The Morgan fingerprint density at radius 3 is 2.75 bits per heavy atom. The number of H-pyrrole nitrogens is 1. The first-order chi connectivity index (χ1) is 15.7. The third-order valence-corrected chi connectivity index (χ3v) is 6.61. The average Bonchev–Trinajstić information content (AvgIpc) is 3.46. The maximum atomic E-state index is 9.43. The molecule has 1 atom stereocenters. The predicted octanol–water partition coefficient (Wildman–Crippen LogP) is 4.63. The second-order valence-corrected chi connectivity index (χ2v) is 8.80. The van der Waals surface area contributed by atoms with Crippen LogP contribution in [-0.4, -0.2) is 39.4 Å². The van der Waals surface area contributed by atoms with Gasteiger partial charge >= 0.3 is 0 Å². The van der Waals surface area contributed by atoms with Gasteiger partial charge in [-0.05, 0) is 47.5 Å². The van der Waals surface area contributed by atoms with Gasteiger partial charge in [0, 0.05) is 47.0 Å². The quantitative estimate of drug-likeness (QED) is 0.241. The number of pyridine rings is 1. The van der Waals surface area contributed by atoms with Gasteiger partial charge in [-0.25, -0.2) is 0 Å². The summed E-state index contributed by atoms with van der Waals surface area (Å²) in [5.74, 6) is 0. The normalized spacial score (nSPS) is 12.4. The van der Waals surface area contributed by atoms with Crippen LogP contribution < -0.4 is 10.6 Å². The molecule has 0 bridgehead atoms. The van der Waals surface area contributed by atoms with E-state index in [4.69, 9.17) is 5.11 Å². The number of rotatable bonds is 8. The zero-order valence-corrected chi connectivity index (χ0v) is 18.2. The molecule has 0 amide bonds. The number of aromatic amines is 1. The fourth-order valence-electron chi connectivity index (χ4n) is 3.70. The molecule has 32 heavy (non-hydrogen) atoms. The lowest BCUT2D eigenvalue weighted by Gasteiger charge is -2.09. The van der Waals surface area contributed by atoms with Crippen molar-refractivity contribution in [1.82, 2.24) is 15.3 Å². The molecular weight excluding hydrogens is 420 g/mol. The Bertz CT molecular complexity index is 1340. The van der Waals surface area contributed by atoms with Crippen molar-refractivity contribution >= 4 is 43.8 Å². The standard InChI is InChI=1S/C25H24N4O2S/c30-15-20(31)14-26-13-16-1-3-17(4-2-16)24-12-23-25(32-24)22(8-10-28-23)29-19-5-6-21-18(11-19)7-9-27-21/h1-12,20,26-27,30-31H,13-15H2,(H,28,29). The summed E-state index contributed by atoms with van der Waals surface area (Å²) in [6, 6.07) is 20.9. The molecule has 0 spiro atoms. The first-order valence-corrected chi connectivity index (χ1v) is 11.3. The third kappa shape index (κ3) is 4.37. The SMILES string of the molecule is OCC(O)CNCc1ccc(-c2cc3nccc(Nc4ccc5[nH]ccc5c4)c3s2)cc1. The molecule has 2 aromatic carbocycles. The van der Waals surface area contributed by atoms with Gasteiger partial charge in [-0.2, -0.15) is 0 Å². The largest absolute Gasteiger partial charge is 0.394 e. The van der Waals surface area contributed by atoms with E-state index in [-0.39, 0.29) is 6.61 Å². The summed E-state index contributed by atoms with van der Waals surface area (Å²) >= 11 is 1.72. The number of hydrogen-bond donors (Lipinski definition) is 5. The molecule has 5 aromatic rings.